The minimum Gasteiger partial charge on any atom is -0.356 e. The summed E-state index contributed by atoms with van der Waals surface area (Å²) in [5, 5.41) is 16.7. The van der Waals surface area contributed by atoms with Crippen molar-refractivity contribution in [2.45, 2.75) is 56.3 Å². The van der Waals surface area contributed by atoms with Crippen molar-refractivity contribution in [2.75, 3.05) is 26.4 Å². The number of rotatable bonds is 9. The third kappa shape index (κ3) is 6.40. The van der Waals surface area contributed by atoms with Crippen molar-refractivity contribution < 1.29 is 0 Å². The van der Waals surface area contributed by atoms with E-state index in [-0.39, 0.29) is 24.0 Å². The normalized spacial score (nSPS) is 14.9. The van der Waals surface area contributed by atoms with Gasteiger partial charge in [-0.1, -0.05) is 24.6 Å². The third-order valence-corrected chi connectivity index (χ3v) is 5.67. The van der Waals surface area contributed by atoms with Crippen molar-refractivity contribution in [1.82, 2.24) is 30.0 Å². The Morgan fingerprint density at radius 2 is 1.89 bits per heavy atom. The van der Waals surface area contributed by atoms with E-state index in [4.69, 9.17) is 0 Å². The highest BCUT2D eigenvalue weighted by molar-refractivity contribution is 14.0. The van der Waals surface area contributed by atoms with Crippen LogP contribution in [0.25, 0.3) is 0 Å². The van der Waals surface area contributed by atoms with Gasteiger partial charge < -0.3 is 19.8 Å². The summed E-state index contributed by atoms with van der Waals surface area (Å²) in [5.41, 5.74) is 0. The van der Waals surface area contributed by atoms with E-state index in [0.717, 1.165) is 49.4 Å². The lowest BCUT2D eigenvalue weighted by molar-refractivity contribution is 0.460. The monoisotopic (exact) mass is 517 g/mol. The Bertz CT molecular complexity index is 708. The predicted octanol–water partition coefficient (Wildman–Crippen LogP) is 3.33. The predicted molar refractivity (Wildman–Crippen MR) is 127 cm³/mol. The van der Waals surface area contributed by atoms with E-state index < -0.39 is 0 Å². The summed E-state index contributed by atoms with van der Waals surface area (Å²) in [4.78, 5) is 4.30. The van der Waals surface area contributed by atoms with E-state index in [9.17, 15) is 0 Å². The molecule has 9 heteroatoms. The molecule has 1 saturated carbocycles. The SMILES string of the molecule is CN=C(NCCCc1nnc(SC)n1C1CCCC1)NCCn1cccc1.I. The molecule has 1 aliphatic carbocycles. The van der Waals surface area contributed by atoms with Gasteiger partial charge in [0.1, 0.15) is 5.82 Å². The minimum absolute atomic E-state index is 0. The Balaban J connectivity index is 0.00000280. The van der Waals surface area contributed by atoms with E-state index in [1.54, 1.807) is 11.8 Å². The summed E-state index contributed by atoms with van der Waals surface area (Å²) in [6.45, 7) is 2.65. The molecule has 28 heavy (non-hydrogen) atoms. The lowest BCUT2D eigenvalue weighted by atomic mass is 10.2. The summed E-state index contributed by atoms with van der Waals surface area (Å²) < 4.78 is 4.54. The third-order valence-electron chi connectivity index (χ3n) is 5.03. The maximum absolute atomic E-state index is 4.46. The molecule has 2 N–H and O–H groups in total. The van der Waals surface area contributed by atoms with Crippen LogP contribution in [0.1, 0.15) is 44.0 Å². The fourth-order valence-corrected chi connectivity index (χ4v) is 4.22. The van der Waals surface area contributed by atoms with Crippen LogP contribution in [0, 0.1) is 0 Å². The fraction of sp³-hybridized carbons (Fsp3) is 0.632. The minimum atomic E-state index is 0. The quantitative estimate of drug-likeness (QED) is 0.176. The van der Waals surface area contributed by atoms with Crippen LogP contribution in [0.15, 0.2) is 34.7 Å². The summed E-state index contributed by atoms with van der Waals surface area (Å²) in [6.07, 6.45) is 13.3. The number of thioether (sulfide) groups is 1. The number of aryl methyl sites for hydroxylation is 1. The van der Waals surface area contributed by atoms with Gasteiger partial charge in [-0.15, -0.1) is 34.2 Å². The molecule has 2 heterocycles. The Morgan fingerprint density at radius 1 is 1.18 bits per heavy atom. The van der Waals surface area contributed by atoms with Gasteiger partial charge in [0, 0.05) is 51.5 Å². The first-order valence-electron chi connectivity index (χ1n) is 9.85. The van der Waals surface area contributed by atoms with Crippen molar-refractivity contribution in [3.8, 4) is 0 Å². The molecule has 2 aromatic heterocycles. The van der Waals surface area contributed by atoms with Gasteiger partial charge in [0.2, 0.25) is 0 Å². The topological polar surface area (TPSA) is 72.1 Å². The Kier molecular flexibility index (Phi) is 10.2. The molecule has 156 valence electrons. The number of aliphatic imine (C=N–C) groups is 1. The summed E-state index contributed by atoms with van der Waals surface area (Å²) >= 11 is 1.70. The number of halogens is 1. The zero-order valence-electron chi connectivity index (χ0n) is 16.8. The van der Waals surface area contributed by atoms with Gasteiger partial charge in [-0.05, 0) is 37.7 Å². The molecule has 0 bridgehead atoms. The first-order chi connectivity index (χ1) is 13.3. The molecule has 3 rings (SSSR count). The van der Waals surface area contributed by atoms with Crippen LogP contribution >= 0.6 is 35.7 Å². The lowest BCUT2D eigenvalue weighted by Crippen LogP contribution is -2.39. The number of nitrogens with zero attached hydrogens (tertiary/aromatic N) is 5. The lowest BCUT2D eigenvalue weighted by Gasteiger charge is -2.16. The molecule has 0 aliphatic heterocycles. The van der Waals surface area contributed by atoms with E-state index in [1.165, 1.54) is 25.7 Å². The molecule has 0 amide bonds. The van der Waals surface area contributed by atoms with Gasteiger partial charge >= 0.3 is 0 Å². The number of hydrogen-bond acceptors (Lipinski definition) is 4. The van der Waals surface area contributed by atoms with Crippen LogP contribution in [-0.4, -0.2) is 51.7 Å². The molecule has 7 nitrogen and oxygen atoms in total. The zero-order chi connectivity index (χ0) is 18.9. The summed E-state index contributed by atoms with van der Waals surface area (Å²) in [7, 11) is 1.81. The Morgan fingerprint density at radius 3 is 2.57 bits per heavy atom. The molecule has 0 spiro atoms. The first kappa shape index (κ1) is 23.1. The van der Waals surface area contributed by atoms with Crippen molar-refractivity contribution >= 4 is 41.7 Å². The van der Waals surface area contributed by atoms with Crippen LogP contribution < -0.4 is 10.6 Å². The van der Waals surface area contributed by atoms with Crippen LogP contribution in [-0.2, 0) is 13.0 Å². The fourth-order valence-electron chi connectivity index (χ4n) is 3.64. The second kappa shape index (κ2) is 12.4. The Hall–Kier alpha value is -1.23. The van der Waals surface area contributed by atoms with E-state index in [1.807, 2.05) is 19.2 Å². The van der Waals surface area contributed by atoms with Gasteiger partial charge in [0.05, 0.1) is 0 Å². The molecule has 0 saturated heterocycles. The molecule has 0 unspecified atom stereocenters. The average molecular weight is 517 g/mol. The average Bonchev–Trinajstić information content (AvgIpc) is 3.44. The second-order valence-electron chi connectivity index (χ2n) is 6.86. The van der Waals surface area contributed by atoms with Crippen molar-refractivity contribution in [3.63, 3.8) is 0 Å². The molecular weight excluding hydrogens is 485 g/mol. The number of nitrogens with one attached hydrogen (secondary N) is 2. The largest absolute Gasteiger partial charge is 0.356 e. The van der Waals surface area contributed by atoms with Crippen LogP contribution in [0.3, 0.4) is 0 Å². The molecule has 1 fully saturated rings. The molecule has 0 radical (unpaired) electrons. The number of hydrogen-bond donors (Lipinski definition) is 2. The highest BCUT2D eigenvalue weighted by atomic mass is 127. The molecular formula is C19H32IN7S. The van der Waals surface area contributed by atoms with Gasteiger partial charge in [-0.2, -0.15) is 0 Å². The smallest absolute Gasteiger partial charge is 0.191 e. The zero-order valence-corrected chi connectivity index (χ0v) is 20.0. The van der Waals surface area contributed by atoms with Gasteiger partial charge in [0.15, 0.2) is 11.1 Å². The maximum atomic E-state index is 4.46. The van der Waals surface area contributed by atoms with E-state index in [2.05, 4.69) is 53.6 Å². The van der Waals surface area contributed by atoms with Crippen LogP contribution in [0.4, 0.5) is 0 Å². The van der Waals surface area contributed by atoms with Crippen molar-refractivity contribution in [1.29, 1.82) is 0 Å². The molecule has 0 aromatic carbocycles. The Labute approximate surface area is 189 Å². The van der Waals surface area contributed by atoms with Crippen LogP contribution in [0.5, 0.6) is 0 Å². The highest BCUT2D eigenvalue weighted by Crippen LogP contribution is 2.33. The highest BCUT2D eigenvalue weighted by Gasteiger charge is 2.23. The maximum Gasteiger partial charge on any atom is 0.191 e. The van der Waals surface area contributed by atoms with Gasteiger partial charge in [0.25, 0.3) is 0 Å². The standard InChI is InChI=1S/C19H31N7S.HI/c1-20-18(22-12-15-25-13-5-6-14-25)21-11-7-10-17-23-24-19(27-2)26(17)16-8-3-4-9-16;/h5-6,13-14,16H,3-4,7-12,15H2,1-2H3,(H2,20,21,22);1H. The molecule has 2 aromatic rings. The van der Waals surface area contributed by atoms with Gasteiger partial charge in [-0.3, -0.25) is 4.99 Å². The van der Waals surface area contributed by atoms with E-state index >= 15 is 0 Å². The van der Waals surface area contributed by atoms with Crippen LogP contribution in [0.2, 0.25) is 0 Å². The van der Waals surface area contributed by atoms with Gasteiger partial charge in [-0.25, -0.2) is 0 Å². The summed E-state index contributed by atoms with van der Waals surface area (Å²) in [6, 6.07) is 4.67. The van der Waals surface area contributed by atoms with Crippen molar-refractivity contribution in [3.05, 3.63) is 30.4 Å². The second-order valence-corrected chi connectivity index (χ2v) is 7.63. The molecule has 1 aliphatic rings. The number of guanidine groups is 1. The first-order valence-corrected chi connectivity index (χ1v) is 11.1. The number of aromatic nitrogens is 4. The molecule has 0 atom stereocenters. The summed E-state index contributed by atoms with van der Waals surface area (Å²) in [5.74, 6) is 1.98. The van der Waals surface area contributed by atoms with E-state index in [0.29, 0.717) is 6.04 Å². The van der Waals surface area contributed by atoms with Crippen molar-refractivity contribution in [2.24, 2.45) is 4.99 Å².